The van der Waals surface area contributed by atoms with Crippen molar-refractivity contribution in [3.05, 3.63) is 48.3 Å². The zero-order chi connectivity index (χ0) is 23.1. The Morgan fingerprint density at radius 1 is 1.18 bits per heavy atom. The van der Waals surface area contributed by atoms with E-state index in [1.165, 1.54) is 0 Å². The van der Waals surface area contributed by atoms with E-state index >= 15 is 0 Å². The van der Waals surface area contributed by atoms with Crippen LogP contribution in [0.25, 0.3) is 21.8 Å². The number of nitrogens with zero attached hydrogens (tertiary/aromatic N) is 6. The molecule has 0 saturated carbocycles. The molecule has 33 heavy (non-hydrogen) atoms. The van der Waals surface area contributed by atoms with Crippen molar-refractivity contribution >= 4 is 39.5 Å². The second-order valence-corrected chi connectivity index (χ2v) is 8.71. The quantitative estimate of drug-likeness (QED) is 0.487. The van der Waals surface area contributed by atoms with Crippen LogP contribution in [0.5, 0.6) is 5.88 Å². The molecule has 1 aliphatic rings. The van der Waals surface area contributed by atoms with Crippen molar-refractivity contribution < 1.29 is 9.90 Å². The Morgan fingerprint density at radius 3 is 2.79 bits per heavy atom. The van der Waals surface area contributed by atoms with Gasteiger partial charge in [0.1, 0.15) is 11.3 Å². The monoisotopic (exact) mass is 445 g/mol. The second-order valence-electron chi connectivity index (χ2n) is 8.71. The van der Waals surface area contributed by atoms with Gasteiger partial charge < -0.3 is 24.8 Å². The minimum Gasteiger partial charge on any atom is -0.493 e. The number of rotatable bonds is 5. The molecule has 170 valence electrons. The van der Waals surface area contributed by atoms with Crippen molar-refractivity contribution in [3.63, 3.8) is 0 Å². The summed E-state index contributed by atoms with van der Waals surface area (Å²) in [5.41, 5.74) is 2.44. The fourth-order valence-electron chi connectivity index (χ4n) is 4.07. The highest BCUT2D eigenvalue weighted by Crippen LogP contribution is 2.34. The number of likely N-dealkylation sites (N-methyl/N-ethyl adjacent to an activating group) is 1. The normalized spacial score (nSPS) is 14.6. The zero-order valence-corrected chi connectivity index (χ0v) is 19.0. The number of hydrogen-bond acceptors (Lipinski definition) is 7. The lowest BCUT2D eigenvalue weighted by molar-refractivity contribution is -0.129. The molecule has 5 rings (SSSR count). The molecule has 9 heteroatoms. The van der Waals surface area contributed by atoms with Gasteiger partial charge in [0.05, 0.1) is 17.4 Å². The third kappa shape index (κ3) is 3.90. The second kappa shape index (κ2) is 8.23. The Kier molecular flexibility index (Phi) is 5.24. The van der Waals surface area contributed by atoms with Gasteiger partial charge in [0.25, 0.3) is 0 Å². The van der Waals surface area contributed by atoms with Crippen LogP contribution in [0.2, 0.25) is 0 Å². The molecule has 0 radical (unpaired) electrons. The van der Waals surface area contributed by atoms with E-state index in [2.05, 4.69) is 21.4 Å². The van der Waals surface area contributed by atoms with Crippen molar-refractivity contribution in [3.8, 4) is 5.88 Å². The number of carbonyl (C=O) groups excluding carboxylic acids is 1. The topological polar surface area (TPSA) is 99.4 Å². The van der Waals surface area contributed by atoms with Gasteiger partial charge in [-0.05, 0) is 31.5 Å². The standard InChI is InChI=1S/C24H27N7O2/c1-15(2)31-13-18-21(23(31)33)27-24(30-9-8-29(3)20(32)14-30)28-22(18)26-12-16-10-17-6-4-5-7-19(17)25-11-16/h4-7,10-11,13,15,33H,8-9,12,14H2,1-3H3,(H,26,27,28). The van der Waals surface area contributed by atoms with E-state index in [1.54, 1.807) is 16.5 Å². The Hall–Kier alpha value is -3.88. The lowest BCUT2D eigenvalue weighted by atomic mass is 10.1. The van der Waals surface area contributed by atoms with Crippen molar-refractivity contribution in [1.82, 2.24) is 24.4 Å². The highest BCUT2D eigenvalue weighted by Gasteiger charge is 2.25. The Balaban J connectivity index is 1.52. The first-order valence-corrected chi connectivity index (χ1v) is 11.1. The van der Waals surface area contributed by atoms with Crippen LogP contribution in [0, 0.1) is 0 Å². The van der Waals surface area contributed by atoms with Gasteiger partial charge in [-0.3, -0.25) is 9.78 Å². The molecule has 4 aromatic rings. The predicted molar refractivity (Wildman–Crippen MR) is 128 cm³/mol. The number of aromatic nitrogens is 4. The molecule has 0 aliphatic carbocycles. The minimum atomic E-state index is 0.0191. The summed E-state index contributed by atoms with van der Waals surface area (Å²) < 4.78 is 1.78. The summed E-state index contributed by atoms with van der Waals surface area (Å²) >= 11 is 0. The summed E-state index contributed by atoms with van der Waals surface area (Å²) in [6.45, 7) is 5.96. The first-order valence-electron chi connectivity index (χ1n) is 11.1. The summed E-state index contributed by atoms with van der Waals surface area (Å²) in [5, 5.41) is 16.1. The largest absolute Gasteiger partial charge is 0.493 e. The van der Waals surface area contributed by atoms with Crippen molar-refractivity contribution in [1.29, 1.82) is 0 Å². The number of para-hydroxylation sites is 1. The summed E-state index contributed by atoms with van der Waals surface area (Å²) in [7, 11) is 1.79. The molecule has 1 aromatic carbocycles. The molecule has 1 fully saturated rings. The number of amides is 1. The Labute approximate surface area is 191 Å². The first kappa shape index (κ1) is 21.0. The van der Waals surface area contributed by atoms with Crippen LogP contribution < -0.4 is 10.2 Å². The van der Waals surface area contributed by atoms with E-state index in [-0.39, 0.29) is 24.4 Å². The highest BCUT2D eigenvalue weighted by atomic mass is 16.3. The number of piperazine rings is 1. The number of anilines is 2. The van der Waals surface area contributed by atoms with Gasteiger partial charge in [0.15, 0.2) is 0 Å². The molecule has 0 unspecified atom stereocenters. The molecule has 1 saturated heterocycles. The lowest BCUT2D eigenvalue weighted by Crippen LogP contribution is -2.49. The SMILES string of the molecule is CC(C)n1cc2c(NCc3cnc4ccccc4c3)nc(N3CCN(C)C(=O)C3)nc2c1O. The minimum absolute atomic E-state index is 0.0191. The van der Waals surface area contributed by atoms with E-state index in [0.717, 1.165) is 21.9 Å². The molecular weight excluding hydrogens is 418 g/mol. The van der Waals surface area contributed by atoms with Gasteiger partial charge in [-0.15, -0.1) is 0 Å². The van der Waals surface area contributed by atoms with Crippen molar-refractivity contribution in [2.45, 2.75) is 26.4 Å². The molecule has 0 atom stereocenters. The number of pyridine rings is 1. The highest BCUT2D eigenvalue weighted by molar-refractivity contribution is 5.94. The molecule has 1 amide bonds. The van der Waals surface area contributed by atoms with Gasteiger partial charge >= 0.3 is 0 Å². The molecule has 2 N–H and O–H groups in total. The molecule has 0 spiro atoms. The number of aromatic hydroxyl groups is 1. The van der Waals surface area contributed by atoms with Crippen molar-refractivity contribution in [2.24, 2.45) is 0 Å². The van der Waals surface area contributed by atoms with Gasteiger partial charge in [-0.2, -0.15) is 4.98 Å². The smallest absolute Gasteiger partial charge is 0.242 e. The van der Waals surface area contributed by atoms with Crippen molar-refractivity contribution in [2.75, 3.05) is 36.9 Å². The molecule has 1 aliphatic heterocycles. The van der Waals surface area contributed by atoms with Crippen LogP contribution in [-0.2, 0) is 11.3 Å². The van der Waals surface area contributed by atoms with Gasteiger partial charge in [0, 0.05) is 50.5 Å². The van der Waals surface area contributed by atoms with E-state index < -0.39 is 0 Å². The third-order valence-electron chi connectivity index (χ3n) is 6.06. The first-order chi connectivity index (χ1) is 15.9. The Bertz CT molecular complexity index is 1350. The van der Waals surface area contributed by atoms with Crippen LogP contribution in [-0.4, -0.2) is 62.1 Å². The van der Waals surface area contributed by atoms with Gasteiger partial charge in [0.2, 0.25) is 17.7 Å². The molecule has 9 nitrogen and oxygen atoms in total. The van der Waals surface area contributed by atoms with E-state index in [9.17, 15) is 9.90 Å². The molecule has 0 bridgehead atoms. The zero-order valence-electron chi connectivity index (χ0n) is 19.0. The summed E-state index contributed by atoms with van der Waals surface area (Å²) in [4.78, 5) is 29.8. The van der Waals surface area contributed by atoms with Crippen LogP contribution in [0.1, 0.15) is 25.5 Å². The molecule has 4 heterocycles. The van der Waals surface area contributed by atoms with E-state index in [0.29, 0.717) is 36.9 Å². The number of benzene rings is 1. The van der Waals surface area contributed by atoms with Gasteiger partial charge in [-0.25, -0.2) is 4.98 Å². The predicted octanol–water partition coefficient (Wildman–Crippen LogP) is 3.16. The number of fused-ring (bicyclic) bond motifs is 2. The van der Waals surface area contributed by atoms with Gasteiger partial charge in [-0.1, -0.05) is 18.2 Å². The Morgan fingerprint density at radius 2 is 2.00 bits per heavy atom. The van der Waals surface area contributed by atoms with Crippen LogP contribution in [0.15, 0.2) is 42.7 Å². The average Bonchev–Trinajstić information content (AvgIpc) is 3.16. The number of hydrogen-bond donors (Lipinski definition) is 2. The van der Waals surface area contributed by atoms with E-state index in [4.69, 9.17) is 4.98 Å². The maximum Gasteiger partial charge on any atom is 0.242 e. The lowest BCUT2D eigenvalue weighted by Gasteiger charge is -2.32. The van der Waals surface area contributed by atoms with Crippen LogP contribution in [0.4, 0.5) is 11.8 Å². The average molecular weight is 446 g/mol. The maximum atomic E-state index is 12.3. The van der Waals surface area contributed by atoms with Crippen LogP contribution in [0.3, 0.4) is 0 Å². The molecular formula is C24H27N7O2. The summed E-state index contributed by atoms with van der Waals surface area (Å²) in [5.74, 6) is 1.16. The van der Waals surface area contributed by atoms with E-state index in [1.807, 2.05) is 55.4 Å². The summed E-state index contributed by atoms with van der Waals surface area (Å²) in [6, 6.07) is 10.2. The molecule has 3 aromatic heterocycles. The maximum absolute atomic E-state index is 12.3. The summed E-state index contributed by atoms with van der Waals surface area (Å²) in [6.07, 6.45) is 3.72. The third-order valence-corrected chi connectivity index (χ3v) is 6.06. The number of carbonyl (C=O) groups is 1. The number of nitrogens with one attached hydrogen (secondary N) is 1. The fraction of sp³-hybridized carbons (Fsp3) is 0.333. The fourth-order valence-corrected chi connectivity index (χ4v) is 4.07. The van der Waals surface area contributed by atoms with Crippen LogP contribution >= 0.6 is 0 Å².